The fourth-order valence-electron chi connectivity index (χ4n) is 1.80. The minimum atomic E-state index is -4.36. The Balaban J connectivity index is 2.35. The zero-order valence-electron chi connectivity index (χ0n) is 11.2. The number of anilines is 1. The highest BCUT2D eigenvalue weighted by Crippen LogP contribution is 2.28. The Bertz CT molecular complexity index is 624. The van der Waals surface area contributed by atoms with E-state index in [1.807, 2.05) is 13.8 Å². The van der Waals surface area contributed by atoms with Gasteiger partial charge in [0.25, 0.3) is 0 Å². The number of fused-ring (bicyclic) bond motifs is 1. The summed E-state index contributed by atoms with van der Waals surface area (Å²) in [4.78, 5) is 4.43. The summed E-state index contributed by atoms with van der Waals surface area (Å²) in [5, 5.41) is 0.592. The van der Waals surface area contributed by atoms with Crippen LogP contribution in [0.4, 0.5) is 18.9 Å². The Morgan fingerprint density at radius 2 is 1.95 bits per heavy atom. The van der Waals surface area contributed by atoms with E-state index in [0.717, 1.165) is 5.69 Å². The second-order valence-corrected chi connectivity index (χ2v) is 4.87. The molecule has 0 radical (unpaired) electrons. The van der Waals surface area contributed by atoms with Crippen molar-refractivity contribution in [3.63, 3.8) is 0 Å². The zero-order chi connectivity index (χ0) is 14.9. The van der Waals surface area contributed by atoms with Crippen LogP contribution in [0.25, 0.3) is 10.9 Å². The summed E-state index contributed by atoms with van der Waals surface area (Å²) < 4.78 is 41.0. The van der Waals surface area contributed by atoms with E-state index in [4.69, 9.17) is 10.5 Å². The van der Waals surface area contributed by atoms with Crippen LogP contribution in [0.3, 0.4) is 0 Å². The molecule has 6 heteroatoms. The van der Waals surface area contributed by atoms with Gasteiger partial charge in [0.15, 0.2) is 6.61 Å². The molecule has 0 amide bonds. The van der Waals surface area contributed by atoms with Gasteiger partial charge in [-0.2, -0.15) is 13.2 Å². The molecule has 2 rings (SSSR count). The van der Waals surface area contributed by atoms with E-state index >= 15 is 0 Å². The lowest BCUT2D eigenvalue weighted by Crippen LogP contribution is -2.19. The third kappa shape index (κ3) is 3.31. The fraction of sp³-hybridized carbons (Fsp3) is 0.357. The van der Waals surface area contributed by atoms with E-state index in [1.54, 1.807) is 12.1 Å². The average Bonchev–Trinajstić information content (AvgIpc) is 2.35. The predicted octanol–water partition coefficient (Wildman–Crippen LogP) is 3.88. The zero-order valence-corrected chi connectivity index (χ0v) is 11.2. The lowest BCUT2D eigenvalue weighted by Gasteiger charge is -2.12. The molecule has 0 aliphatic rings. The van der Waals surface area contributed by atoms with Gasteiger partial charge in [-0.05, 0) is 30.2 Å². The first-order valence-corrected chi connectivity index (χ1v) is 6.16. The van der Waals surface area contributed by atoms with Gasteiger partial charge < -0.3 is 10.5 Å². The number of ether oxygens (including phenoxy) is 1. The highest BCUT2D eigenvalue weighted by atomic mass is 19.4. The molecule has 0 bridgehead atoms. The monoisotopic (exact) mass is 284 g/mol. The number of aromatic nitrogens is 1. The first-order chi connectivity index (χ1) is 9.26. The van der Waals surface area contributed by atoms with Crippen LogP contribution in [0, 0.1) is 0 Å². The lowest BCUT2D eigenvalue weighted by molar-refractivity contribution is -0.153. The first kappa shape index (κ1) is 14.4. The Hall–Kier alpha value is -1.98. The van der Waals surface area contributed by atoms with Crippen molar-refractivity contribution in [2.24, 2.45) is 0 Å². The molecule has 3 nitrogen and oxygen atoms in total. The molecular weight excluding hydrogens is 269 g/mol. The van der Waals surface area contributed by atoms with Crippen LogP contribution in [0.15, 0.2) is 24.3 Å². The summed E-state index contributed by atoms with van der Waals surface area (Å²) >= 11 is 0. The number of rotatable bonds is 3. The van der Waals surface area contributed by atoms with Gasteiger partial charge in [-0.1, -0.05) is 13.8 Å². The van der Waals surface area contributed by atoms with Crippen molar-refractivity contribution in [3.8, 4) is 5.75 Å². The highest BCUT2D eigenvalue weighted by Gasteiger charge is 2.28. The predicted molar refractivity (Wildman–Crippen MR) is 71.8 cm³/mol. The van der Waals surface area contributed by atoms with E-state index in [-0.39, 0.29) is 11.7 Å². The number of benzene rings is 1. The molecule has 108 valence electrons. The number of hydrogen-bond acceptors (Lipinski definition) is 3. The summed E-state index contributed by atoms with van der Waals surface area (Å²) in [6.07, 6.45) is -4.36. The summed E-state index contributed by atoms with van der Waals surface area (Å²) in [6.45, 7) is 2.67. The van der Waals surface area contributed by atoms with Crippen molar-refractivity contribution in [1.82, 2.24) is 4.98 Å². The van der Waals surface area contributed by atoms with Crippen LogP contribution in [0.2, 0.25) is 0 Å². The molecule has 20 heavy (non-hydrogen) atoms. The number of hydrogen-bond donors (Lipinski definition) is 1. The number of halogens is 3. The van der Waals surface area contributed by atoms with Crippen LogP contribution < -0.4 is 10.5 Å². The third-order valence-corrected chi connectivity index (χ3v) is 2.83. The van der Waals surface area contributed by atoms with E-state index in [2.05, 4.69) is 4.98 Å². The van der Waals surface area contributed by atoms with Crippen molar-refractivity contribution in [2.45, 2.75) is 25.9 Å². The molecular formula is C14H15F3N2O. The smallest absolute Gasteiger partial charge is 0.422 e. The van der Waals surface area contributed by atoms with E-state index in [1.165, 1.54) is 12.1 Å². The molecule has 0 spiro atoms. The standard InChI is InChI=1S/C14H15F3N2O/c1-8(2)13-6-11(18)10-5-9(3-4-12(10)19-13)20-7-14(15,16)17/h3-6,8H,7H2,1-2H3,(H2,18,19). The summed E-state index contributed by atoms with van der Waals surface area (Å²) in [5.74, 6) is 0.350. The SMILES string of the molecule is CC(C)c1cc(N)c2cc(OCC(F)(F)F)ccc2n1. The molecule has 2 aromatic rings. The van der Waals surface area contributed by atoms with Gasteiger partial charge in [0.05, 0.1) is 5.52 Å². The molecule has 0 aliphatic heterocycles. The molecule has 0 saturated heterocycles. The maximum absolute atomic E-state index is 12.1. The van der Waals surface area contributed by atoms with Gasteiger partial charge in [-0.15, -0.1) is 0 Å². The number of alkyl halides is 3. The van der Waals surface area contributed by atoms with Crippen molar-refractivity contribution >= 4 is 16.6 Å². The maximum atomic E-state index is 12.1. The second kappa shape index (κ2) is 5.19. The molecule has 1 aromatic carbocycles. The molecule has 1 aromatic heterocycles. The van der Waals surface area contributed by atoms with Crippen molar-refractivity contribution in [3.05, 3.63) is 30.0 Å². The second-order valence-electron chi connectivity index (χ2n) is 4.87. The molecule has 0 aliphatic carbocycles. The third-order valence-electron chi connectivity index (χ3n) is 2.83. The fourth-order valence-corrected chi connectivity index (χ4v) is 1.80. The van der Waals surface area contributed by atoms with Crippen LogP contribution in [0.1, 0.15) is 25.5 Å². The molecule has 2 N–H and O–H groups in total. The maximum Gasteiger partial charge on any atom is 0.422 e. The van der Waals surface area contributed by atoms with Crippen molar-refractivity contribution in [2.75, 3.05) is 12.3 Å². The van der Waals surface area contributed by atoms with Gasteiger partial charge in [0.2, 0.25) is 0 Å². The first-order valence-electron chi connectivity index (χ1n) is 6.16. The quantitative estimate of drug-likeness (QED) is 0.930. The minimum Gasteiger partial charge on any atom is -0.484 e. The Morgan fingerprint density at radius 1 is 1.25 bits per heavy atom. The van der Waals surface area contributed by atoms with E-state index in [0.29, 0.717) is 16.6 Å². The molecule has 0 atom stereocenters. The van der Waals surface area contributed by atoms with E-state index < -0.39 is 12.8 Å². The number of nitrogens with two attached hydrogens (primary N) is 1. The minimum absolute atomic E-state index is 0.126. The topological polar surface area (TPSA) is 48.1 Å². The van der Waals surface area contributed by atoms with Crippen LogP contribution in [0.5, 0.6) is 5.75 Å². The number of nitrogens with zero attached hydrogens (tertiary/aromatic N) is 1. The van der Waals surface area contributed by atoms with Crippen LogP contribution in [-0.4, -0.2) is 17.8 Å². The van der Waals surface area contributed by atoms with Gasteiger partial charge in [-0.3, -0.25) is 4.98 Å². The molecule has 1 heterocycles. The van der Waals surface area contributed by atoms with Gasteiger partial charge in [-0.25, -0.2) is 0 Å². The van der Waals surface area contributed by atoms with Crippen LogP contribution >= 0.6 is 0 Å². The van der Waals surface area contributed by atoms with Crippen molar-refractivity contribution < 1.29 is 17.9 Å². The molecule has 0 unspecified atom stereocenters. The Morgan fingerprint density at radius 3 is 2.55 bits per heavy atom. The summed E-state index contributed by atoms with van der Waals surface area (Å²) in [6, 6.07) is 6.29. The Kier molecular flexibility index (Phi) is 3.74. The number of pyridine rings is 1. The normalized spacial score (nSPS) is 12.1. The number of nitrogen functional groups attached to an aromatic ring is 1. The lowest BCUT2D eigenvalue weighted by atomic mass is 10.1. The Labute approximate surface area is 114 Å². The van der Waals surface area contributed by atoms with Crippen LogP contribution in [-0.2, 0) is 0 Å². The average molecular weight is 284 g/mol. The van der Waals surface area contributed by atoms with Gasteiger partial charge in [0, 0.05) is 16.8 Å². The molecule has 0 saturated carbocycles. The largest absolute Gasteiger partial charge is 0.484 e. The summed E-state index contributed by atoms with van der Waals surface area (Å²) in [5.41, 5.74) is 7.90. The van der Waals surface area contributed by atoms with Gasteiger partial charge in [0.1, 0.15) is 5.75 Å². The summed E-state index contributed by atoms with van der Waals surface area (Å²) in [7, 11) is 0. The van der Waals surface area contributed by atoms with Crippen molar-refractivity contribution in [1.29, 1.82) is 0 Å². The van der Waals surface area contributed by atoms with E-state index in [9.17, 15) is 13.2 Å². The highest BCUT2D eigenvalue weighted by molar-refractivity contribution is 5.91. The van der Waals surface area contributed by atoms with Gasteiger partial charge >= 0.3 is 6.18 Å². The molecule has 0 fully saturated rings.